The highest BCUT2D eigenvalue weighted by Gasteiger charge is 2.06. The zero-order chi connectivity index (χ0) is 13.6. The summed E-state index contributed by atoms with van der Waals surface area (Å²) in [5.41, 5.74) is 0. The van der Waals surface area contributed by atoms with Crippen molar-refractivity contribution in [3.05, 3.63) is 11.2 Å². The molecule has 102 valence electrons. The first-order chi connectivity index (χ1) is 8.42. The Balaban J connectivity index is 2.53. The molecule has 0 unspecified atom stereocenters. The molecule has 4 N–H and O–H groups in total. The molecule has 1 heterocycles. The van der Waals surface area contributed by atoms with Gasteiger partial charge in [0.2, 0.25) is 16.0 Å². The molecule has 0 amide bonds. The quantitative estimate of drug-likeness (QED) is 0.637. The molecule has 1 aromatic heterocycles. The van der Waals surface area contributed by atoms with Crippen molar-refractivity contribution in [1.82, 2.24) is 9.97 Å². The smallest absolute Gasteiger partial charge is 0.224 e. The average Bonchev–Trinajstić information content (AvgIpc) is 2.27. The van der Waals surface area contributed by atoms with Gasteiger partial charge in [0.1, 0.15) is 10.8 Å². The standard InChI is InChI=1S/C9H16ClN5O2S/c1-2-12-9-14-6-7(10)8(15-9)13-4-3-5-18(11,16)17/h6H,2-5H2,1H3,(H2,11,16,17)(H2,12,13,14,15). The van der Waals surface area contributed by atoms with Gasteiger partial charge in [-0.25, -0.2) is 18.5 Å². The summed E-state index contributed by atoms with van der Waals surface area (Å²) in [5, 5.41) is 11.2. The summed E-state index contributed by atoms with van der Waals surface area (Å²) < 4.78 is 21.5. The Hall–Kier alpha value is -1.12. The van der Waals surface area contributed by atoms with Gasteiger partial charge in [0, 0.05) is 13.1 Å². The molecule has 0 saturated carbocycles. The predicted octanol–water partition coefficient (Wildman–Crippen LogP) is 0.652. The van der Waals surface area contributed by atoms with Gasteiger partial charge in [-0.1, -0.05) is 11.6 Å². The van der Waals surface area contributed by atoms with Gasteiger partial charge in [-0.05, 0) is 13.3 Å². The summed E-state index contributed by atoms with van der Waals surface area (Å²) >= 11 is 5.91. The molecule has 7 nitrogen and oxygen atoms in total. The van der Waals surface area contributed by atoms with Crippen molar-refractivity contribution in [2.24, 2.45) is 5.14 Å². The summed E-state index contributed by atoms with van der Waals surface area (Å²) in [6.45, 7) is 3.04. The van der Waals surface area contributed by atoms with E-state index in [1.54, 1.807) is 0 Å². The monoisotopic (exact) mass is 293 g/mol. The lowest BCUT2D eigenvalue weighted by molar-refractivity contribution is 0.595. The van der Waals surface area contributed by atoms with Crippen molar-refractivity contribution in [2.75, 3.05) is 29.5 Å². The fraction of sp³-hybridized carbons (Fsp3) is 0.556. The number of aromatic nitrogens is 2. The SMILES string of the molecule is CCNc1ncc(Cl)c(NCCCS(N)(=O)=O)n1. The van der Waals surface area contributed by atoms with Crippen LogP contribution in [0.1, 0.15) is 13.3 Å². The molecule has 0 aliphatic carbocycles. The number of hydrogen-bond donors (Lipinski definition) is 3. The number of nitrogens with one attached hydrogen (secondary N) is 2. The third-order valence-corrected chi connectivity index (χ3v) is 3.11. The van der Waals surface area contributed by atoms with Gasteiger partial charge in [-0.3, -0.25) is 0 Å². The second-order valence-electron chi connectivity index (χ2n) is 3.57. The molecule has 0 aromatic carbocycles. The van der Waals surface area contributed by atoms with Crippen LogP contribution in [-0.2, 0) is 10.0 Å². The van der Waals surface area contributed by atoms with E-state index in [1.165, 1.54) is 6.20 Å². The van der Waals surface area contributed by atoms with E-state index in [-0.39, 0.29) is 5.75 Å². The van der Waals surface area contributed by atoms with Crippen molar-refractivity contribution < 1.29 is 8.42 Å². The van der Waals surface area contributed by atoms with Gasteiger partial charge < -0.3 is 10.6 Å². The molecule has 0 aliphatic rings. The minimum Gasteiger partial charge on any atom is -0.369 e. The number of sulfonamides is 1. The number of nitrogens with two attached hydrogens (primary N) is 1. The number of hydrogen-bond acceptors (Lipinski definition) is 6. The Morgan fingerprint density at radius 2 is 2.17 bits per heavy atom. The highest BCUT2D eigenvalue weighted by atomic mass is 35.5. The van der Waals surface area contributed by atoms with Crippen molar-refractivity contribution in [3.8, 4) is 0 Å². The molecule has 0 fully saturated rings. The minimum atomic E-state index is -3.42. The number of halogens is 1. The van der Waals surface area contributed by atoms with Crippen LogP contribution in [0.15, 0.2) is 6.20 Å². The van der Waals surface area contributed by atoms with Crippen LogP contribution in [-0.4, -0.2) is 37.2 Å². The highest BCUT2D eigenvalue weighted by molar-refractivity contribution is 7.89. The van der Waals surface area contributed by atoms with Crippen molar-refractivity contribution in [2.45, 2.75) is 13.3 Å². The van der Waals surface area contributed by atoms with Gasteiger partial charge in [0.05, 0.1) is 11.9 Å². The Morgan fingerprint density at radius 1 is 1.44 bits per heavy atom. The lowest BCUT2D eigenvalue weighted by Gasteiger charge is -2.08. The summed E-state index contributed by atoms with van der Waals surface area (Å²) in [7, 11) is -3.42. The number of primary sulfonamides is 1. The lowest BCUT2D eigenvalue weighted by atomic mass is 10.4. The Labute approximate surface area is 111 Å². The van der Waals surface area contributed by atoms with Gasteiger partial charge in [-0.2, -0.15) is 4.98 Å². The highest BCUT2D eigenvalue weighted by Crippen LogP contribution is 2.19. The summed E-state index contributed by atoms with van der Waals surface area (Å²) in [6, 6.07) is 0. The van der Waals surface area contributed by atoms with E-state index in [0.717, 1.165) is 0 Å². The molecule has 1 rings (SSSR count). The van der Waals surface area contributed by atoms with Crippen molar-refractivity contribution in [3.63, 3.8) is 0 Å². The van der Waals surface area contributed by atoms with Crippen LogP contribution < -0.4 is 15.8 Å². The van der Waals surface area contributed by atoms with E-state index >= 15 is 0 Å². The van der Waals surface area contributed by atoms with E-state index in [1.807, 2.05) is 6.92 Å². The molecule has 0 radical (unpaired) electrons. The molecule has 9 heteroatoms. The molecule has 0 spiro atoms. The van der Waals surface area contributed by atoms with Gasteiger partial charge in [0.15, 0.2) is 0 Å². The Kier molecular flexibility index (Phi) is 5.57. The Morgan fingerprint density at radius 3 is 2.78 bits per heavy atom. The maximum atomic E-state index is 10.7. The van der Waals surface area contributed by atoms with E-state index in [2.05, 4.69) is 20.6 Å². The fourth-order valence-electron chi connectivity index (χ4n) is 1.21. The van der Waals surface area contributed by atoms with Crippen LogP contribution in [0, 0.1) is 0 Å². The molecular formula is C9H16ClN5O2S. The molecule has 0 atom stereocenters. The Bertz CT molecular complexity index is 494. The third kappa shape index (κ3) is 5.48. The first-order valence-electron chi connectivity index (χ1n) is 5.43. The first kappa shape index (κ1) is 14.9. The maximum Gasteiger partial charge on any atom is 0.224 e. The topological polar surface area (TPSA) is 110 Å². The number of nitrogens with zero attached hydrogens (tertiary/aromatic N) is 2. The second kappa shape index (κ2) is 6.72. The van der Waals surface area contributed by atoms with Crippen LogP contribution >= 0.6 is 11.6 Å². The van der Waals surface area contributed by atoms with Crippen LogP contribution in [0.25, 0.3) is 0 Å². The molecule has 1 aromatic rings. The fourth-order valence-corrected chi connectivity index (χ4v) is 1.92. The van der Waals surface area contributed by atoms with Crippen molar-refractivity contribution in [1.29, 1.82) is 0 Å². The van der Waals surface area contributed by atoms with Gasteiger partial charge in [0.25, 0.3) is 0 Å². The first-order valence-corrected chi connectivity index (χ1v) is 7.52. The molecule has 0 saturated heterocycles. The van der Waals surface area contributed by atoms with Crippen LogP contribution in [0.2, 0.25) is 5.02 Å². The second-order valence-corrected chi connectivity index (χ2v) is 5.71. The lowest BCUT2D eigenvalue weighted by Crippen LogP contribution is -2.19. The maximum absolute atomic E-state index is 10.7. The number of anilines is 2. The van der Waals surface area contributed by atoms with Gasteiger partial charge >= 0.3 is 0 Å². The summed E-state index contributed by atoms with van der Waals surface area (Å²) in [5.74, 6) is 0.857. The molecule has 0 bridgehead atoms. The average molecular weight is 294 g/mol. The summed E-state index contributed by atoms with van der Waals surface area (Å²) in [4.78, 5) is 8.14. The van der Waals surface area contributed by atoms with E-state index in [4.69, 9.17) is 16.7 Å². The normalized spacial score (nSPS) is 11.3. The largest absolute Gasteiger partial charge is 0.369 e. The zero-order valence-electron chi connectivity index (χ0n) is 9.98. The minimum absolute atomic E-state index is 0.0806. The van der Waals surface area contributed by atoms with E-state index in [0.29, 0.717) is 36.3 Å². The van der Waals surface area contributed by atoms with E-state index < -0.39 is 10.0 Å². The van der Waals surface area contributed by atoms with Crippen LogP contribution in [0.4, 0.5) is 11.8 Å². The third-order valence-electron chi connectivity index (χ3n) is 1.98. The molecule has 18 heavy (non-hydrogen) atoms. The number of rotatable bonds is 7. The van der Waals surface area contributed by atoms with Crippen molar-refractivity contribution >= 4 is 33.4 Å². The van der Waals surface area contributed by atoms with Crippen LogP contribution in [0.3, 0.4) is 0 Å². The zero-order valence-corrected chi connectivity index (χ0v) is 11.6. The van der Waals surface area contributed by atoms with Crippen LogP contribution in [0.5, 0.6) is 0 Å². The van der Waals surface area contributed by atoms with Gasteiger partial charge in [-0.15, -0.1) is 0 Å². The molecule has 0 aliphatic heterocycles. The van der Waals surface area contributed by atoms with E-state index in [9.17, 15) is 8.42 Å². The molecular weight excluding hydrogens is 278 g/mol. The predicted molar refractivity (Wildman–Crippen MR) is 72.3 cm³/mol. The summed E-state index contributed by atoms with van der Waals surface area (Å²) in [6.07, 6.45) is 1.87.